The number of ether oxygens (including phenoxy) is 1. The lowest BCUT2D eigenvalue weighted by Crippen LogP contribution is -2.41. The van der Waals surface area contributed by atoms with E-state index in [0.717, 1.165) is 4.90 Å². The van der Waals surface area contributed by atoms with Gasteiger partial charge in [-0.2, -0.15) is 0 Å². The molecule has 0 aromatic heterocycles. The highest BCUT2D eigenvalue weighted by Crippen LogP contribution is 2.22. The van der Waals surface area contributed by atoms with Gasteiger partial charge in [0.1, 0.15) is 0 Å². The molecule has 100 valence electrons. The number of likely N-dealkylation sites (N-methyl/N-ethyl adjacent to an activating group) is 1. The monoisotopic (exact) mass is 287 g/mol. The molecule has 1 rings (SSSR count). The van der Waals surface area contributed by atoms with Gasteiger partial charge in [-0.1, -0.05) is 11.6 Å². The SMILES string of the molecule is CCN(C(=O)c1cc(S)ccc1Cl)C(C)COC. The van der Waals surface area contributed by atoms with E-state index in [1.807, 2.05) is 13.8 Å². The zero-order valence-electron chi connectivity index (χ0n) is 10.8. The zero-order chi connectivity index (χ0) is 13.7. The summed E-state index contributed by atoms with van der Waals surface area (Å²) in [6, 6.07) is 5.14. The van der Waals surface area contributed by atoms with Crippen molar-refractivity contribution < 1.29 is 9.53 Å². The molecule has 3 nitrogen and oxygen atoms in total. The Kier molecular flexibility index (Phi) is 5.99. The molecule has 1 amide bonds. The summed E-state index contributed by atoms with van der Waals surface area (Å²) in [4.78, 5) is 14.9. The molecule has 1 aromatic rings. The quantitative estimate of drug-likeness (QED) is 0.843. The predicted octanol–water partition coefficient (Wildman–Crippen LogP) is 3.13. The van der Waals surface area contributed by atoms with Crippen molar-refractivity contribution in [3.05, 3.63) is 28.8 Å². The van der Waals surface area contributed by atoms with E-state index >= 15 is 0 Å². The summed E-state index contributed by atoms with van der Waals surface area (Å²) < 4.78 is 5.08. The van der Waals surface area contributed by atoms with Crippen LogP contribution in [0.2, 0.25) is 5.02 Å². The third-order valence-electron chi connectivity index (χ3n) is 2.72. The molecule has 1 aromatic carbocycles. The van der Waals surface area contributed by atoms with Crippen molar-refractivity contribution in [1.29, 1.82) is 0 Å². The van der Waals surface area contributed by atoms with Crippen molar-refractivity contribution in [2.24, 2.45) is 0 Å². The van der Waals surface area contributed by atoms with E-state index in [0.29, 0.717) is 23.7 Å². The van der Waals surface area contributed by atoms with Gasteiger partial charge in [0.15, 0.2) is 0 Å². The second kappa shape index (κ2) is 7.02. The minimum Gasteiger partial charge on any atom is -0.383 e. The van der Waals surface area contributed by atoms with Crippen LogP contribution in [0.25, 0.3) is 0 Å². The van der Waals surface area contributed by atoms with E-state index in [2.05, 4.69) is 12.6 Å². The van der Waals surface area contributed by atoms with Crippen LogP contribution >= 0.6 is 24.2 Å². The van der Waals surface area contributed by atoms with E-state index in [4.69, 9.17) is 16.3 Å². The van der Waals surface area contributed by atoms with Crippen LogP contribution in [-0.2, 0) is 4.74 Å². The molecular weight excluding hydrogens is 270 g/mol. The number of nitrogens with zero attached hydrogens (tertiary/aromatic N) is 1. The first-order valence-electron chi connectivity index (χ1n) is 5.79. The van der Waals surface area contributed by atoms with Crippen molar-refractivity contribution in [3.63, 3.8) is 0 Å². The van der Waals surface area contributed by atoms with Crippen LogP contribution in [0.5, 0.6) is 0 Å². The first-order chi connectivity index (χ1) is 8.51. The van der Waals surface area contributed by atoms with Gasteiger partial charge in [0.05, 0.1) is 23.2 Å². The lowest BCUT2D eigenvalue weighted by molar-refractivity contribution is 0.0579. The minimum absolute atomic E-state index is 0.00661. The maximum atomic E-state index is 12.4. The van der Waals surface area contributed by atoms with Gasteiger partial charge in [0.25, 0.3) is 5.91 Å². The molecule has 0 aliphatic rings. The number of carbonyl (C=O) groups is 1. The number of amides is 1. The molecule has 1 atom stereocenters. The molecule has 18 heavy (non-hydrogen) atoms. The molecule has 0 radical (unpaired) electrons. The van der Waals surface area contributed by atoms with Crippen molar-refractivity contribution in [3.8, 4) is 0 Å². The normalized spacial score (nSPS) is 12.3. The fourth-order valence-electron chi connectivity index (χ4n) is 1.82. The van der Waals surface area contributed by atoms with E-state index in [1.165, 1.54) is 0 Å². The van der Waals surface area contributed by atoms with Crippen LogP contribution in [-0.4, -0.2) is 37.1 Å². The van der Waals surface area contributed by atoms with Gasteiger partial charge in [-0.05, 0) is 32.0 Å². The largest absolute Gasteiger partial charge is 0.383 e. The smallest absolute Gasteiger partial charge is 0.255 e. The highest BCUT2D eigenvalue weighted by Gasteiger charge is 2.21. The highest BCUT2D eigenvalue weighted by molar-refractivity contribution is 7.80. The van der Waals surface area contributed by atoms with Crippen LogP contribution in [0, 0.1) is 0 Å². The van der Waals surface area contributed by atoms with Crippen LogP contribution in [0.3, 0.4) is 0 Å². The fourth-order valence-corrected chi connectivity index (χ4v) is 2.22. The second-order valence-corrected chi connectivity index (χ2v) is 4.98. The summed E-state index contributed by atoms with van der Waals surface area (Å²) in [5.74, 6) is -0.0945. The molecule has 0 fully saturated rings. The third kappa shape index (κ3) is 3.64. The average Bonchev–Trinajstić information content (AvgIpc) is 2.33. The van der Waals surface area contributed by atoms with Crippen LogP contribution < -0.4 is 0 Å². The highest BCUT2D eigenvalue weighted by atomic mass is 35.5. The number of hydrogen-bond acceptors (Lipinski definition) is 3. The Morgan fingerprint density at radius 2 is 2.22 bits per heavy atom. The fraction of sp³-hybridized carbons (Fsp3) is 0.462. The Hall–Kier alpha value is -0.710. The molecule has 5 heteroatoms. The number of rotatable bonds is 5. The number of halogens is 1. The molecule has 0 aliphatic carbocycles. The number of benzene rings is 1. The predicted molar refractivity (Wildman–Crippen MR) is 76.8 cm³/mol. The molecule has 0 spiro atoms. The average molecular weight is 288 g/mol. The molecule has 0 saturated heterocycles. The van der Waals surface area contributed by atoms with Crippen LogP contribution in [0.15, 0.2) is 23.1 Å². The van der Waals surface area contributed by atoms with Crippen molar-refractivity contribution in [1.82, 2.24) is 4.90 Å². The summed E-state index contributed by atoms with van der Waals surface area (Å²) in [5, 5.41) is 0.445. The van der Waals surface area contributed by atoms with Crippen LogP contribution in [0.4, 0.5) is 0 Å². The number of hydrogen-bond donors (Lipinski definition) is 1. The van der Waals surface area contributed by atoms with Crippen molar-refractivity contribution in [2.45, 2.75) is 24.8 Å². The van der Waals surface area contributed by atoms with Crippen molar-refractivity contribution in [2.75, 3.05) is 20.3 Å². The maximum absolute atomic E-state index is 12.4. The van der Waals surface area contributed by atoms with E-state index < -0.39 is 0 Å². The van der Waals surface area contributed by atoms with E-state index in [1.54, 1.807) is 30.2 Å². The molecule has 0 aliphatic heterocycles. The van der Waals surface area contributed by atoms with Gasteiger partial charge < -0.3 is 9.64 Å². The maximum Gasteiger partial charge on any atom is 0.255 e. The summed E-state index contributed by atoms with van der Waals surface area (Å²) in [7, 11) is 1.62. The first-order valence-corrected chi connectivity index (χ1v) is 6.62. The number of thiol groups is 1. The summed E-state index contributed by atoms with van der Waals surface area (Å²) >= 11 is 10.3. The third-order valence-corrected chi connectivity index (χ3v) is 3.33. The van der Waals surface area contributed by atoms with E-state index in [-0.39, 0.29) is 11.9 Å². The zero-order valence-corrected chi connectivity index (χ0v) is 12.5. The van der Waals surface area contributed by atoms with Crippen molar-refractivity contribution >= 4 is 30.1 Å². The van der Waals surface area contributed by atoms with Gasteiger partial charge in [0.2, 0.25) is 0 Å². The van der Waals surface area contributed by atoms with Gasteiger partial charge in [-0.15, -0.1) is 12.6 Å². The Bertz CT molecular complexity index is 425. The molecule has 0 bridgehead atoms. The van der Waals surface area contributed by atoms with Gasteiger partial charge >= 0.3 is 0 Å². The lowest BCUT2D eigenvalue weighted by Gasteiger charge is -2.28. The molecular formula is C13H18ClNO2S. The van der Waals surface area contributed by atoms with Gasteiger partial charge in [0, 0.05) is 18.6 Å². The summed E-state index contributed by atoms with van der Waals surface area (Å²) in [5.41, 5.74) is 0.481. The second-order valence-electron chi connectivity index (χ2n) is 4.06. The Morgan fingerprint density at radius 3 is 2.78 bits per heavy atom. The minimum atomic E-state index is -0.0945. The number of carbonyl (C=O) groups excluding carboxylic acids is 1. The molecule has 1 unspecified atom stereocenters. The summed E-state index contributed by atoms with van der Waals surface area (Å²) in [6.45, 7) is 4.99. The summed E-state index contributed by atoms with van der Waals surface area (Å²) in [6.07, 6.45) is 0. The Morgan fingerprint density at radius 1 is 1.56 bits per heavy atom. The van der Waals surface area contributed by atoms with Crippen LogP contribution in [0.1, 0.15) is 24.2 Å². The molecule has 0 N–H and O–H groups in total. The van der Waals surface area contributed by atoms with Gasteiger partial charge in [-0.3, -0.25) is 4.79 Å². The Balaban J connectivity index is 2.99. The standard InChI is InChI=1S/C13H18ClNO2S/c1-4-15(9(2)8-17-3)13(16)11-7-10(18)5-6-12(11)14/h5-7,9,18H,4,8H2,1-3H3. The Labute approximate surface area is 118 Å². The first kappa shape index (κ1) is 15.3. The van der Waals surface area contributed by atoms with Gasteiger partial charge in [-0.25, -0.2) is 0 Å². The molecule has 0 saturated carbocycles. The molecule has 0 heterocycles. The number of methoxy groups -OCH3 is 1. The topological polar surface area (TPSA) is 29.5 Å². The lowest BCUT2D eigenvalue weighted by atomic mass is 10.1. The van der Waals surface area contributed by atoms with E-state index in [9.17, 15) is 4.79 Å².